The van der Waals surface area contributed by atoms with Gasteiger partial charge in [0.2, 0.25) is 0 Å². The molecule has 1 heteroatoms. The van der Waals surface area contributed by atoms with Crippen molar-refractivity contribution in [1.29, 1.82) is 5.26 Å². The Bertz CT molecular complexity index is 674. The Labute approximate surface area is 172 Å². The molecule has 0 amide bonds. The van der Waals surface area contributed by atoms with E-state index >= 15 is 0 Å². The van der Waals surface area contributed by atoms with Gasteiger partial charge in [0, 0.05) is 6.08 Å². The topological polar surface area (TPSA) is 23.8 Å². The number of nitriles is 1. The lowest BCUT2D eigenvalue weighted by atomic mass is 9.70. The lowest BCUT2D eigenvalue weighted by molar-refractivity contribution is 0.290. The van der Waals surface area contributed by atoms with Crippen molar-refractivity contribution in [3.63, 3.8) is 0 Å². The second kappa shape index (κ2) is 10.7. The lowest BCUT2D eigenvalue weighted by Gasteiger charge is -2.36. The van der Waals surface area contributed by atoms with Crippen LogP contribution in [0.25, 0.3) is 0 Å². The van der Waals surface area contributed by atoms with Crippen molar-refractivity contribution in [3.8, 4) is 6.07 Å². The summed E-state index contributed by atoms with van der Waals surface area (Å²) in [6.07, 6.45) is 17.8. The van der Waals surface area contributed by atoms with Crippen molar-refractivity contribution < 1.29 is 0 Å². The molecule has 0 heterocycles. The Morgan fingerprint density at radius 1 is 1.00 bits per heavy atom. The second-order valence-electron chi connectivity index (χ2n) is 9.07. The van der Waals surface area contributed by atoms with Crippen LogP contribution in [0.5, 0.6) is 0 Å². The third-order valence-corrected chi connectivity index (χ3v) is 7.26. The minimum Gasteiger partial charge on any atom is -0.193 e. The van der Waals surface area contributed by atoms with Crippen LogP contribution in [-0.4, -0.2) is 0 Å². The molecule has 0 spiro atoms. The van der Waals surface area contributed by atoms with Gasteiger partial charge in [0.15, 0.2) is 0 Å². The number of allylic oxidation sites excluding steroid dienone is 3. The Hall–Kier alpha value is -1.81. The molecule has 1 aromatic rings. The van der Waals surface area contributed by atoms with Gasteiger partial charge in [0.05, 0.1) is 6.07 Å². The molecule has 2 aliphatic carbocycles. The smallest absolute Gasteiger partial charge is 0.0908 e. The van der Waals surface area contributed by atoms with Crippen molar-refractivity contribution in [1.82, 2.24) is 0 Å². The van der Waals surface area contributed by atoms with Crippen LogP contribution < -0.4 is 0 Å². The van der Waals surface area contributed by atoms with Gasteiger partial charge in [-0.3, -0.25) is 0 Å². The fraction of sp³-hybridized carbons (Fsp3) is 0.593. The summed E-state index contributed by atoms with van der Waals surface area (Å²) in [6, 6.07) is 11.6. The molecule has 2 saturated carbocycles. The van der Waals surface area contributed by atoms with Gasteiger partial charge in [-0.2, -0.15) is 5.26 Å². The van der Waals surface area contributed by atoms with Crippen LogP contribution in [-0.2, 0) is 6.42 Å². The van der Waals surface area contributed by atoms with Gasteiger partial charge in [-0.25, -0.2) is 0 Å². The molecule has 0 N–H and O–H groups in total. The first-order chi connectivity index (χ1) is 13.7. The highest BCUT2D eigenvalue weighted by Crippen LogP contribution is 2.43. The molecule has 1 nitrogen and oxygen atoms in total. The van der Waals surface area contributed by atoms with Gasteiger partial charge in [0.25, 0.3) is 0 Å². The van der Waals surface area contributed by atoms with E-state index in [4.69, 9.17) is 5.26 Å². The van der Waals surface area contributed by atoms with E-state index in [-0.39, 0.29) is 0 Å². The molecular weight excluding hydrogens is 338 g/mol. The predicted octanol–water partition coefficient (Wildman–Crippen LogP) is 7.75. The highest BCUT2D eigenvalue weighted by molar-refractivity contribution is 5.26. The van der Waals surface area contributed by atoms with E-state index in [0.717, 1.165) is 11.8 Å². The fourth-order valence-electron chi connectivity index (χ4n) is 5.33. The molecule has 150 valence electrons. The lowest BCUT2D eigenvalue weighted by Crippen LogP contribution is -2.22. The van der Waals surface area contributed by atoms with E-state index in [9.17, 15) is 0 Å². The molecule has 3 rings (SSSR count). The van der Waals surface area contributed by atoms with E-state index in [1.165, 1.54) is 81.8 Å². The standard InChI is InChI=1S/C27H37N/c1-3-4-6-22-10-14-26(15-11-22)27-18-16-25(17-19-27)21(2)24-12-8-23(9-13-24)7-5-20-28/h5,7,10-11,14-15,23-25,27H,2-4,6,8-9,12-13,16-19H2,1H3/b7-5+. The number of nitrogens with zero attached hydrogens (tertiary/aromatic N) is 1. The molecule has 2 aliphatic rings. The van der Waals surface area contributed by atoms with Crippen molar-refractivity contribution in [2.75, 3.05) is 0 Å². The summed E-state index contributed by atoms with van der Waals surface area (Å²) < 4.78 is 0. The SMILES string of the molecule is C=C(C1CCC(/C=C/C#N)CC1)C1CCC(c2ccc(CCCC)cc2)CC1. The predicted molar refractivity (Wildman–Crippen MR) is 119 cm³/mol. The summed E-state index contributed by atoms with van der Waals surface area (Å²) in [5.74, 6) is 2.80. The molecule has 0 aromatic heterocycles. The first-order valence-corrected chi connectivity index (χ1v) is 11.5. The normalized spacial score (nSPS) is 28.1. The summed E-state index contributed by atoms with van der Waals surface area (Å²) in [6.45, 7) is 6.82. The maximum Gasteiger partial charge on any atom is 0.0908 e. The summed E-state index contributed by atoms with van der Waals surface area (Å²) in [5, 5.41) is 8.71. The van der Waals surface area contributed by atoms with Gasteiger partial charge in [0.1, 0.15) is 0 Å². The Morgan fingerprint density at radius 2 is 1.61 bits per heavy atom. The summed E-state index contributed by atoms with van der Waals surface area (Å²) in [7, 11) is 0. The van der Waals surface area contributed by atoms with Crippen LogP contribution in [0.15, 0.2) is 48.6 Å². The van der Waals surface area contributed by atoms with Gasteiger partial charge >= 0.3 is 0 Å². The number of hydrogen-bond acceptors (Lipinski definition) is 1. The van der Waals surface area contributed by atoms with Crippen molar-refractivity contribution in [3.05, 3.63) is 59.7 Å². The molecule has 1 aromatic carbocycles. The van der Waals surface area contributed by atoms with Crippen LogP contribution in [0, 0.1) is 29.1 Å². The molecule has 0 aliphatic heterocycles. The summed E-state index contributed by atoms with van der Waals surface area (Å²) >= 11 is 0. The monoisotopic (exact) mass is 375 g/mol. The first-order valence-electron chi connectivity index (χ1n) is 11.5. The van der Waals surface area contributed by atoms with E-state index in [0.29, 0.717) is 11.8 Å². The van der Waals surface area contributed by atoms with Crippen LogP contribution >= 0.6 is 0 Å². The van der Waals surface area contributed by atoms with Gasteiger partial charge in [-0.1, -0.05) is 55.8 Å². The maximum absolute atomic E-state index is 8.71. The minimum absolute atomic E-state index is 0.611. The van der Waals surface area contributed by atoms with E-state index in [1.54, 1.807) is 11.6 Å². The molecule has 0 atom stereocenters. The third-order valence-electron chi connectivity index (χ3n) is 7.26. The molecule has 0 bridgehead atoms. The van der Waals surface area contributed by atoms with E-state index < -0.39 is 0 Å². The zero-order valence-electron chi connectivity index (χ0n) is 17.7. The van der Waals surface area contributed by atoms with Crippen LogP contribution in [0.3, 0.4) is 0 Å². The Balaban J connectivity index is 1.45. The second-order valence-corrected chi connectivity index (χ2v) is 9.07. The van der Waals surface area contributed by atoms with Crippen LogP contribution in [0.1, 0.15) is 88.2 Å². The number of benzene rings is 1. The number of hydrogen-bond donors (Lipinski definition) is 0. The summed E-state index contributed by atoms with van der Waals surface area (Å²) in [5.41, 5.74) is 4.58. The minimum atomic E-state index is 0.611. The van der Waals surface area contributed by atoms with Crippen molar-refractivity contribution in [2.45, 2.75) is 83.5 Å². The van der Waals surface area contributed by atoms with Crippen molar-refractivity contribution >= 4 is 0 Å². The average Bonchev–Trinajstić information content (AvgIpc) is 2.76. The van der Waals surface area contributed by atoms with E-state index in [1.807, 2.05) is 0 Å². The van der Waals surface area contributed by atoms with Gasteiger partial charge < -0.3 is 0 Å². The van der Waals surface area contributed by atoms with E-state index in [2.05, 4.69) is 49.9 Å². The zero-order valence-corrected chi connectivity index (χ0v) is 17.7. The molecule has 28 heavy (non-hydrogen) atoms. The molecule has 0 unspecified atom stereocenters. The Morgan fingerprint density at radius 3 is 2.18 bits per heavy atom. The molecular formula is C27H37N. The summed E-state index contributed by atoms with van der Waals surface area (Å²) in [4.78, 5) is 0. The quantitative estimate of drug-likeness (QED) is 0.353. The maximum atomic E-state index is 8.71. The number of aryl methyl sites for hydroxylation is 1. The zero-order chi connectivity index (χ0) is 19.8. The number of rotatable bonds is 7. The van der Waals surface area contributed by atoms with Gasteiger partial charge in [-0.05, 0) is 99.0 Å². The van der Waals surface area contributed by atoms with Crippen LogP contribution in [0.4, 0.5) is 0 Å². The first kappa shape index (κ1) is 20.9. The highest BCUT2D eigenvalue weighted by atomic mass is 14.3. The fourth-order valence-corrected chi connectivity index (χ4v) is 5.33. The molecule has 2 fully saturated rings. The number of unbranched alkanes of at least 4 members (excludes halogenated alkanes) is 1. The average molecular weight is 376 g/mol. The third kappa shape index (κ3) is 5.60. The highest BCUT2D eigenvalue weighted by Gasteiger charge is 2.29. The molecule has 0 radical (unpaired) electrons. The van der Waals surface area contributed by atoms with Crippen LogP contribution in [0.2, 0.25) is 0 Å². The largest absolute Gasteiger partial charge is 0.193 e. The van der Waals surface area contributed by atoms with Crippen molar-refractivity contribution in [2.24, 2.45) is 17.8 Å². The molecule has 0 saturated heterocycles. The van der Waals surface area contributed by atoms with Gasteiger partial charge in [-0.15, -0.1) is 0 Å². The Kier molecular flexibility index (Phi) is 7.96.